The number of halogens is 3. The molecule has 22 heavy (non-hydrogen) atoms. The van der Waals surface area contributed by atoms with Gasteiger partial charge in [0.1, 0.15) is 5.75 Å². The van der Waals surface area contributed by atoms with E-state index in [1.807, 2.05) is 6.92 Å². The molecular formula is C15H18F3NO3. The molecule has 0 saturated carbocycles. The van der Waals surface area contributed by atoms with Crippen LogP contribution in [0.1, 0.15) is 25.3 Å². The van der Waals surface area contributed by atoms with Crippen LogP contribution in [0.3, 0.4) is 0 Å². The van der Waals surface area contributed by atoms with E-state index in [9.17, 15) is 18.0 Å². The van der Waals surface area contributed by atoms with Crippen molar-refractivity contribution in [1.29, 1.82) is 0 Å². The maximum Gasteiger partial charge on any atom is 0.416 e. The van der Waals surface area contributed by atoms with E-state index < -0.39 is 11.7 Å². The zero-order valence-corrected chi connectivity index (χ0v) is 12.2. The van der Waals surface area contributed by atoms with E-state index in [0.29, 0.717) is 6.61 Å². The minimum absolute atomic E-state index is 0.00902. The quantitative estimate of drug-likeness (QED) is 0.908. The first-order valence-corrected chi connectivity index (χ1v) is 7.07. The summed E-state index contributed by atoms with van der Waals surface area (Å²) in [5.41, 5.74) is -0.807. The van der Waals surface area contributed by atoms with Crippen LogP contribution in [-0.4, -0.2) is 31.3 Å². The molecule has 0 aliphatic carbocycles. The van der Waals surface area contributed by atoms with Crippen LogP contribution in [0.15, 0.2) is 24.3 Å². The molecule has 0 aromatic heterocycles. The molecule has 0 spiro atoms. The fraction of sp³-hybridized carbons (Fsp3) is 0.533. The lowest BCUT2D eigenvalue weighted by molar-refractivity contribution is -0.137. The van der Waals surface area contributed by atoms with E-state index in [-0.39, 0.29) is 30.4 Å². The molecule has 0 unspecified atom stereocenters. The van der Waals surface area contributed by atoms with Crippen molar-refractivity contribution in [3.63, 3.8) is 0 Å². The van der Waals surface area contributed by atoms with Gasteiger partial charge < -0.3 is 14.8 Å². The second-order valence-corrected chi connectivity index (χ2v) is 5.22. The third-order valence-corrected chi connectivity index (χ3v) is 3.44. The summed E-state index contributed by atoms with van der Waals surface area (Å²) in [6.45, 7) is 2.18. The highest BCUT2D eigenvalue weighted by molar-refractivity contribution is 5.77. The molecule has 0 bridgehead atoms. The molecule has 1 aromatic rings. The minimum Gasteiger partial charge on any atom is -0.484 e. The number of benzene rings is 1. The van der Waals surface area contributed by atoms with Crippen molar-refractivity contribution in [2.45, 2.75) is 38.1 Å². The maximum atomic E-state index is 12.6. The highest BCUT2D eigenvalue weighted by Crippen LogP contribution is 2.31. The number of rotatable bonds is 5. The van der Waals surface area contributed by atoms with Crippen molar-refractivity contribution < 1.29 is 27.4 Å². The van der Waals surface area contributed by atoms with Crippen LogP contribution < -0.4 is 10.1 Å². The summed E-state index contributed by atoms with van der Waals surface area (Å²) in [5.74, 6) is -0.379. The maximum absolute atomic E-state index is 12.6. The largest absolute Gasteiger partial charge is 0.484 e. The van der Waals surface area contributed by atoms with Crippen molar-refractivity contribution in [2.75, 3.05) is 13.2 Å². The Morgan fingerprint density at radius 1 is 1.50 bits per heavy atom. The third kappa shape index (κ3) is 4.62. The van der Waals surface area contributed by atoms with Crippen molar-refractivity contribution in [3.8, 4) is 5.75 Å². The Bertz CT molecular complexity index is 513. The van der Waals surface area contributed by atoms with Gasteiger partial charge in [0.2, 0.25) is 0 Å². The number of hydrogen-bond donors (Lipinski definition) is 1. The number of alkyl halides is 3. The average molecular weight is 317 g/mol. The molecule has 1 aliphatic rings. The van der Waals surface area contributed by atoms with E-state index in [1.165, 1.54) is 12.1 Å². The van der Waals surface area contributed by atoms with Crippen LogP contribution in [0.2, 0.25) is 0 Å². The van der Waals surface area contributed by atoms with Gasteiger partial charge in [0.25, 0.3) is 5.91 Å². The van der Waals surface area contributed by atoms with Crippen LogP contribution in [0.5, 0.6) is 5.75 Å². The molecule has 122 valence electrons. The standard InChI is InChI=1S/C15H18F3NO3/c1-10(13-6-3-7-21-13)19-14(20)9-22-12-5-2-4-11(8-12)15(16,17)18/h2,4-5,8,10,13H,3,6-7,9H2,1H3,(H,19,20)/t10-,13-/m1/s1. The summed E-state index contributed by atoms with van der Waals surface area (Å²) in [5, 5.41) is 2.73. The summed E-state index contributed by atoms with van der Waals surface area (Å²) < 4.78 is 48.3. The van der Waals surface area contributed by atoms with Gasteiger partial charge in [-0.2, -0.15) is 13.2 Å². The van der Waals surface area contributed by atoms with E-state index in [4.69, 9.17) is 9.47 Å². The smallest absolute Gasteiger partial charge is 0.416 e. The lowest BCUT2D eigenvalue weighted by atomic mass is 10.1. The predicted octanol–water partition coefficient (Wildman–Crippen LogP) is 2.77. The number of carbonyl (C=O) groups is 1. The molecule has 1 aliphatic heterocycles. The zero-order valence-electron chi connectivity index (χ0n) is 12.2. The molecule has 0 radical (unpaired) electrons. The van der Waals surface area contributed by atoms with Gasteiger partial charge in [0.15, 0.2) is 6.61 Å². The van der Waals surface area contributed by atoms with Crippen molar-refractivity contribution in [1.82, 2.24) is 5.32 Å². The SMILES string of the molecule is C[C@@H](NC(=O)COc1cccc(C(F)(F)F)c1)[C@H]1CCCO1. The van der Waals surface area contributed by atoms with Crippen LogP contribution in [-0.2, 0) is 15.7 Å². The van der Waals surface area contributed by atoms with Crippen LogP contribution >= 0.6 is 0 Å². The summed E-state index contributed by atoms with van der Waals surface area (Å²) in [6.07, 6.45) is -2.60. The molecule has 1 saturated heterocycles. The third-order valence-electron chi connectivity index (χ3n) is 3.44. The van der Waals surface area contributed by atoms with E-state index in [0.717, 1.165) is 25.0 Å². The molecule has 1 heterocycles. The normalized spacial score (nSPS) is 19.7. The van der Waals surface area contributed by atoms with Crippen molar-refractivity contribution >= 4 is 5.91 Å². The Hall–Kier alpha value is -1.76. The van der Waals surface area contributed by atoms with Crippen molar-refractivity contribution in [2.24, 2.45) is 0 Å². The molecule has 7 heteroatoms. The Morgan fingerprint density at radius 2 is 2.27 bits per heavy atom. The molecule has 1 aromatic carbocycles. The first kappa shape index (κ1) is 16.6. The van der Waals surface area contributed by atoms with Crippen LogP contribution in [0.4, 0.5) is 13.2 Å². The van der Waals surface area contributed by atoms with Gasteiger partial charge >= 0.3 is 6.18 Å². The predicted molar refractivity (Wildman–Crippen MR) is 73.5 cm³/mol. The zero-order chi connectivity index (χ0) is 16.2. The van der Waals surface area contributed by atoms with Gasteiger partial charge in [-0.15, -0.1) is 0 Å². The van der Waals surface area contributed by atoms with Crippen molar-refractivity contribution in [3.05, 3.63) is 29.8 Å². The Kier molecular flexibility index (Phi) is 5.28. The van der Waals surface area contributed by atoms with E-state index in [2.05, 4.69) is 5.32 Å². The highest BCUT2D eigenvalue weighted by atomic mass is 19.4. The van der Waals surface area contributed by atoms with Crippen LogP contribution in [0.25, 0.3) is 0 Å². The fourth-order valence-electron chi connectivity index (χ4n) is 2.30. The highest BCUT2D eigenvalue weighted by Gasteiger charge is 2.30. The van der Waals surface area contributed by atoms with Gasteiger partial charge in [0, 0.05) is 6.61 Å². The second kappa shape index (κ2) is 7.00. The molecule has 2 rings (SSSR count). The summed E-state index contributed by atoms with van der Waals surface area (Å²) in [6, 6.07) is 4.29. The molecule has 1 amide bonds. The topological polar surface area (TPSA) is 47.6 Å². The second-order valence-electron chi connectivity index (χ2n) is 5.22. The first-order chi connectivity index (χ1) is 10.4. The number of hydrogen-bond acceptors (Lipinski definition) is 3. The average Bonchev–Trinajstić information content (AvgIpc) is 2.99. The van der Waals surface area contributed by atoms with E-state index >= 15 is 0 Å². The monoisotopic (exact) mass is 317 g/mol. The fourth-order valence-corrected chi connectivity index (χ4v) is 2.30. The van der Waals surface area contributed by atoms with Crippen LogP contribution in [0, 0.1) is 0 Å². The lowest BCUT2D eigenvalue weighted by Crippen LogP contribution is -2.42. The summed E-state index contributed by atoms with van der Waals surface area (Å²) in [7, 11) is 0. The Morgan fingerprint density at radius 3 is 2.91 bits per heavy atom. The van der Waals surface area contributed by atoms with Gasteiger partial charge in [-0.1, -0.05) is 6.07 Å². The minimum atomic E-state index is -4.43. The van der Waals surface area contributed by atoms with Gasteiger partial charge in [0.05, 0.1) is 17.7 Å². The van der Waals surface area contributed by atoms with E-state index in [1.54, 1.807) is 0 Å². The number of carbonyl (C=O) groups excluding carboxylic acids is 1. The van der Waals surface area contributed by atoms with Gasteiger partial charge in [-0.05, 0) is 38.0 Å². The molecule has 1 fully saturated rings. The molecule has 4 nitrogen and oxygen atoms in total. The molecule has 2 atom stereocenters. The summed E-state index contributed by atoms with van der Waals surface area (Å²) >= 11 is 0. The molecule has 1 N–H and O–H groups in total. The van der Waals surface area contributed by atoms with Gasteiger partial charge in [-0.3, -0.25) is 4.79 Å². The van der Waals surface area contributed by atoms with Gasteiger partial charge in [-0.25, -0.2) is 0 Å². The summed E-state index contributed by atoms with van der Waals surface area (Å²) in [4.78, 5) is 11.8. The Balaban J connectivity index is 1.83. The number of ether oxygens (including phenoxy) is 2. The Labute approximate surface area is 126 Å². The molecular weight excluding hydrogens is 299 g/mol. The number of nitrogens with one attached hydrogen (secondary N) is 1. The number of amides is 1. The first-order valence-electron chi connectivity index (χ1n) is 7.07. The lowest BCUT2D eigenvalue weighted by Gasteiger charge is -2.20.